The second-order valence-electron chi connectivity index (χ2n) is 3.53. The van der Waals surface area contributed by atoms with Crippen molar-refractivity contribution in [2.45, 2.75) is 32.5 Å². The van der Waals surface area contributed by atoms with Gasteiger partial charge < -0.3 is 4.74 Å². The molecule has 2 unspecified atom stereocenters. The molecule has 102 valence electrons. The van der Waals surface area contributed by atoms with Crippen LogP contribution in [0, 0.1) is 5.92 Å². The van der Waals surface area contributed by atoms with Gasteiger partial charge in [-0.3, -0.25) is 9.35 Å². The molecule has 2 atom stereocenters. The van der Waals surface area contributed by atoms with Gasteiger partial charge >= 0.3 is 12.1 Å². The first-order valence-corrected chi connectivity index (χ1v) is 6.30. The van der Waals surface area contributed by atoms with Crippen LogP contribution in [0.4, 0.5) is 13.2 Å². The lowest BCUT2D eigenvalue weighted by Gasteiger charge is -2.20. The van der Waals surface area contributed by atoms with E-state index in [0.717, 1.165) is 0 Å². The lowest BCUT2D eigenvalue weighted by Crippen LogP contribution is -2.40. The van der Waals surface area contributed by atoms with Crippen molar-refractivity contribution < 1.29 is 35.7 Å². The fraction of sp³-hybridized carbons (Fsp3) is 0.875. The first-order valence-electron chi connectivity index (χ1n) is 4.69. The Morgan fingerprint density at radius 2 is 1.88 bits per heavy atom. The normalized spacial score (nSPS) is 16.4. The van der Waals surface area contributed by atoms with Gasteiger partial charge in [-0.1, -0.05) is 13.8 Å². The first kappa shape index (κ1) is 16.2. The van der Waals surface area contributed by atoms with Crippen LogP contribution >= 0.6 is 0 Å². The minimum Gasteiger partial charge on any atom is -0.451 e. The van der Waals surface area contributed by atoms with Gasteiger partial charge in [0, 0.05) is 0 Å². The zero-order valence-electron chi connectivity index (χ0n) is 9.19. The number of hydrogen-bond donors (Lipinski definition) is 1. The van der Waals surface area contributed by atoms with E-state index < -0.39 is 40.0 Å². The topological polar surface area (TPSA) is 80.7 Å². The van der Waals surface area contributed by atoms with Crippen molar-refractivity contribution in [1.82, 2.24) is 0 Å². The number of alkyl halides is 3. The molecule has 5 nitrogen and oxygen atoms in total. The summed E-state index contributed by atoms with van der Waals surface area (Å²) in [7, 11) is -4.88. The van der Waals surface area contributed by atoms with E-state index in [9.17, 15) is 26.4 Å². The van der Waals surface area contributed by atoms with Crippen molar-refractivity contribution in [3.05, 3.63) is 0 Å². The number of carbonyl (C=O) groups is 1. The monoisotopic (exact) mass is 278 g/mol. The molecule has 0 rings (SSSR count). The molecule has 0 aromatic rings. The van der Waals surface area contributed by atoms with Crippen LogP contribution in [0.15, 0.2) is 0 Å². The number of carbonyl (C=O) groups excluding carboxylic acids is 1. The number of esters is 1. The van der Waals surface area contributed by atoms with Crippen LogP contribution in [-0.4, -0.2) is 37.0 Å². The fourth-order valence-electron chi connectivity index (χ4n) is 0.810. The molecule has 0 amide bonds. The van der Waals surface area contributed by atoms with Crippen molar-refractivity contribution in [2.24, 2.45) is 5.92 Å². The number of ether oxygens (including phenoxy) is 1. The lowest BCUT2D eigenvalue weighted by atomic mass is 10.1. The average Bonchev–Trinajstić information content (AvgIpc) is 2.11. The molecule has 9 heteroatoms. The Labute approximate surface area is 96.7 Å². The van der Waals surface area contributed by atoms with Gasteiger partial charge in [-0.15, -0.1) is 0 Å². The molecule has 0 heterocycles. The second kappa shape index (κ2) is 5.67. The SMILES string of the molecule is CCC(C)C(=O)OC(CS(=O)(=O)O)C(F)(F)F. The van der Waals surface area contributed by atoms with Crippen molar-refractivity contribution in [3.63, 3.8) is 0 Å². The summed E-state index contributed by atoms with van der Waals surface area (Å²) in [6.45, 7) is 2.92. The molecule has 0 aromatic carbocycles. The summed E-state index contributed by atoms with van der Waals surface area (Å²) in [5, 5.41) is 0. The Morgan fingerprint density at radius 1 is 1.41 bits per heavy atom. The highest BCUT2D eigenvalue weighted by molar-refractivity contribution is 7.85. The van der Waals surface area contributed by atoms with Gasteiger partial charge in [0.25, 0.3) is 10.1 Å². The van der Waals surface area contributed by atoms with Gasteiger partial charge in [0.15, 0.2) is 0 Å². The van der Waals surface area contributed by atoms with E-state index >= 15 is 0 Å². The molecule has 17 heavy (non-hydrogen) atoms. The predicted molar refractivity (Wildman–Crippen MR) is 51.8 cm³/mol. The average molecular weight is 278 g/mol. The van der Waals surface area contributed by atoms with E-state index in [1.54, 1.807) is 6.92 Å². The number of rotatable bonds is 5. The minimum absolute atomic E-state index is 0.259. The lowest BCUT2D eigenvalue weighted by molar-refractivity contribution is -0.217. The molecule has 0 aliphatic heterocycles. The van der Waals surface area contributed by atoms with Gasteiger partial charge in [-0.2, -0.15) is 21.6 Å². The molecule has 0 aliphatic rings. The summed E-state index contributed by atoms with van der Waals surface area (Å²) >= 11 is 0. The fourth-order valence-corrected chi connectivity index (χ4v) is 1.45. The molecular formula is C8H13F3O5S. The Kier molecular flexibility index (Phi) is 5.40. The molecule has 0 saturated heterocycles. The summed E-state index contributed by atoms with van der Waals surface area (Å²) < 4.78 is 70.1. The van der Waals surface area contributed by atoms with Gasteiger partial charge in [0.2, 0.25) is 6.10 Å². The molecule has 0 bridgehead atoms. The summed E-state index contributed by atoms with van der Waals surface area (Å²) in [6.07, 6.45) is -7.63. The second-order valence-corrected chi connectivity index (χ2v) is 5.02. The van der Waals surface area contributed by atoms with Gasteiger partial charge in [0.1, 0.15) is 5.75 Å². The summed E-state index contributed by atoms with van der Waals surface area (Å²) in [4.78, 5) is 11.1. The molecule has 0 aliphatic carbocycles. The zero-order valence-corrected chi connectivity index (χ0v) is 10.0. The summed E-state index contributed by atoms with van der Waals surface area (Å²) in [6, 6.07) is 0. The predicted octanol–water partition coefficient (Wildman–Crippen LogP) is 1.39. The van der Waals surface area contributed by atoms with E-state index in [4.69, 9.17) is 4.55 Å². The van der Waals surface area contributed by atoms with E-state index in [1.807, 2.05) is 0 Å². The van der Waals surface area contributed by atoms with E-state index in [1.165, 1.54) is 6.92 Å². The molecule has 0 saturated carbocycles. The van der Waals surface area contributed by atoms with Crippen molar-refractivity contribution in [2.75, 3.05) is 5.75 Å². The van der Waals surface area contributed by atoms with Crippen LogP contribution in [0.5, 0.6) is 0 Å². The molecule has 0 fully saturated rings. The molecule has 0 radical (unpaired) electrons. The Hall–Kier alpha value is -0.830. The van der Waals surface area contributed by atoms with Crippen molar-refractivity contribution in [3.8, 4) is 0 Å². The molecular weight excluding hydrogens is 265 g/mol. The standard InChI is InChI=1S/C8H13F3O5S/c1-3-5(2)7(12)16-6(8(9,10)11)4-17(13,14)15/h5-6H,3-4H2,1-2H3,(H,13,14,15). The van der Waals surface area contributed by atoms with Crippen LogP contribution in [0.3, 0.4) is 0 Å². The van der Waals surface area contributed by atoms with Crippen LogP contribution in [0.2, 0.25) is 0 Å². The summed E-state index contributed by atoms with van der Waals surface area (Å²) in [5.74, 6) is -3.63. The maximum absolute atomic E-state index is 12.3. The Bertz CT molecular complexity index is 362. The largest absolute Gasteiger partial charge is 0.451 e. The third kappa shape index (κ3) is 6.47. The van der Waals surface area contributed by atoms with Crippen molar-refractivity contribution >= 4 is 16.1 Å². The number of halogens is 3. The highest BCUT2D eigenvalue weighted by atomic mass is 32.2. The molecule has 0 spiro atoms. The smallest absolute Gasteiger partial charge is 0.426 e. The first-order chi connectivity index (χ1) is 7.47. The van der Waals surface area contributed by atoms with E-state index in [0.29, 0.717) is 0 Å². The van der Waals surface area contributed by atoms with E-state index in [-0.39, 0.29) is 6.42 Å². The maximum atomic E-state index is 12.3. The quantitative estimate of drug-likeness (QED) is 0.607. The number of hydrogen-bond acceptors (Lipinski definition) is 4. The molecule has 0 aromatic heterocycles. The van der Waals surface area contributed by atoms with Crippen LogP contribution < -0.4 is 0 Å². The van der Waals surface area contributed by atoms with Crippen LogP contribution in [0.25, 0.3) is 0 Å². The Balaban J connectivity index is 4.80. The highest BCUT2D eigenvalue weighted by Gasteiger charge is 2.45. The van der Waals surface area contributed by atoms with Crippen LogP contribution in [0.1, 0.15) is 20.3 Å². The highest BCUT2D eigenvalue weighted by Crippen LogP contribution is 2.25. The third-order valence-corrected chi connectivity index (χ3v) is 2.72. The minimum atomic E-state index is -5.04. The van der Waals surface area contributed by atoms with E-state index in [2.05, 4.69) is 4.74 Å². The van der Waals surface area contributed by atoms with Gasteiger partial charge in [0.05, 0.1) is 5.92 Å². The maximum Gasteiger partial charge on any atom is 0.426 e. The van der Waals surface area contributed by atoms with Crippen molar-refractivity contribution in [1.29, 1.82) is 0 Å². The molecule has 1 N–H and O–H groups in total. The van der Waals surface area contributed by atoms with Gasteiger partial charge in [-0.25, -0.2) is 0 Å². The van der Waals surface area contributed by atoms with Crippen LogP contribution in [-0.2, 0) is 19.6 Å². The zero-order chi connectivity index (χ0) is 13.9. The third-order valence-electron chi connectivity index (χ3n) is 2.00. The summed E-state index contributed by atoms with van der Waals surface area (Å²) in [5.41, 5.74) is 0. The Morgan fingerprint density at radius 3 is 2.18 bits per heavy atom. The van der Waals surface area contributed by atoms with Gasteiger partial charge in [-0.05, 0) is 6.42 Å².